The highest BCUT2D eigenvalue weighted by molar-refractivity contribution is 5.85. The maximum atomic E-state index is 11.8. The Morgan fingerprint density at radius 1 is 1.13 bits per heavy atom. The predicted molar refractivity (Wildman–Crippen MR) is 96.1 cm³/mol. The van der Waals surface area contributed by atoms with Gasteiger partial charge in [-0.05, 0) is 36.6 Å². The molecule has 0 unspecified atom stereocenters. The van der Waals surface area contributed by atoms with Crippen molar-refractivity contribution in [3.05, 3.63) is 59.7 Å². The van der Waals surface area contributed by atoms with Crippen molar-refractivity contribution < 1.29 is 9.53 Å². The molecule has 4 nitrogen and oxygen atoms in total. The molecule has 0 atom stereocenters. The third kappa shape index (κ3) is 6.20. The lowest BCUT2D eigenvalue weighted by Crippen LogP contribution is -2.28. The van der Waals surface area contributed by atoms with Crippen LogP contribution in [-0.4, -0.2) is 19.1 Å². The van der Waals surface area contributed by atoms with Gasteiger partial charge in [0.1, 0.15) is 12.4 Å². The van der Waals surface area contributed by atoms with Gasteiger partial charge in [0.2, 0.25) is 5.91 Å². The van der Waals surface area contributed by atoms with Crippen LogP contribution in [-0.2, 0) is 11.2 Å². The zero-order chi connectivity index (χ0) is 15.8. The number of ether oxygens (including phenoxy) is 1. The fourth-order valence-electron chi connectivity index (χ4n) is 2.17. The highest BCUT2D eigenvalue weighted by Crippen LogP contribution is 2.15. The summed E-state index contributed by atoms with van der Waals surface area (Å²) in [6.07, 6.45) is 1.08. The largest absolute Gasteiger partial charge is 0.491 e. The fourth-order valence-corrected chi connectivity index (χ4v) is 2.17. The summed E-state index contributed by atoms with van der Waals surface area (Å²) < 4.78 is 5.63. The van der Waals surface area contributed by atoms with E-state index in [1.165, 1.54) is 0 Å². The van der Waals surface area contributed by atoms with Crippen molar-refractivity contribution in [1.82, 2.24) is 5.32 Å². The Balaban J connectivity index is 0.00000264. The number of anilines is 1. The number of carbonyl (C=O) groups excluding carboxylic acids is 1. The number of amides is 1. The summed E-state index contributed by atoms with van der Waals surface area (Å²) in [5.74, 6) is 0.866. The second-order valence-electron chi connectivity index (χ2n) is 5.16. The molecular formula is C18H23ClN2O2. The summed E-state index contributed by atoms with van der Waals surface area (Å²) in [6, 6.07) is 15.5. The average molecular weight is 335 g/mol. The van der Waals surface area contributed by atoms with Gasteiger partial charge in [-0.25, -0.2) is 0 Å². The summed E-state index contributed by atoms with van der Waals surface area (Å²) in [7, 11) is 0. The molecule has 3 N–H and O–H groups in total. The summed E-state index contributed by atoms with van der Waals surface area (Å²) in [5, 5.41) is 2.86. The van der Waals surface area contributed by atoms with Gasteiger partial charge in [-0.1, -0.05) is 36.4 Å². The zero-order valence-electron chi connectivity index (χ0n) is 13.2. The van der Waals surface area contributed by atoms with Gasteiger partial charge in [0, 0.05) is 12.1 Å². The SMILES string of the molecule is Cc1ccccc1OCCNC(=O)CCc1ccccc1N.Cl. The number of hydrogen-bond acceptors (Lipinski definition) is 3. The van der Waals surface area contributed by atoms with Crippen molar-refractivity contribution in [1.29, 1.82) is 0 Å². The maximum absolute atomic E-state index is 11.8. The molecule has 2 rings (SSSR count). The molecule has 0 bridgehead atoms. The molecule has 0 aliphatic heterocycles. The van der Waals surface area contributed by atoms with E-state index in [4.69, 9.17) is 10.5 Å². The molecular weight excluding hydrogens is 312 g/mol. The van der Waals surface area contributed by atoms with E-state index in [1.807, 2.05) is 55.5 Å². The van der Waals surface area contributed by atoms with Gasteiger partial charge < -0.3 is 15.8 Å². The van der Waals surface area contributed by atoms with Crippen LogP contribution in [0.5, 0.6) is 5.75 Å². The van der Waals surface area contributed by atoms with Crippen molar-refractivity contribution in [3.63, 3.8) is 0 Å². The minimum atomic E-state index is 0. The smallest absolute Gasteiger partial charge is 0.220 e. The Bertz CT molecular complexity index is 632. The van der Waals surface area contributed by atoms with Crippen molar-refractivity contribution in [2.45, 2.75) is 19.8 Å². The van der Waals surface area contributed by atoms with Crippen LogP contribution < -0.4 is 15.8 Å². The van der Waals surface area contributed by atoms with E-state index in [0.29, 0.717) is 26.0 Å². The number of halogens is 1. The normalized spacial score (nSPS) is 9.78. The standard InChI is InChI=1S/C18H22N2O2.ClH/c1-14-6-2-5-9-17(14)22-13-12-20-18(21)11-10-15-7-3-4-8-16(15)19;/h2-9H,10-13,19H2,1H3,(H,20,21);1H. The van der Waals surface area contributed by atoms with Gasteiger partial charge in [-0.2, -0.15) is 0 Å². The number of carbonyl (C=O) groups is 1. The number of nitrogens with one attached hydrogen (secondary N) is 1. The van der Waals surface area contributed by atoms with E-state index in [-0.39, 0.29) is 18.3 Å². The van der Waals surface area contributed by atoms with Crippen LogP contribution >= 0.6 is 12.4 Å². The Kier molecular flexibility index (Phi) is 7.98. The molecule has 2 aromatic rings. The van der Waals surface area contributed by atoms with Crippen LogP contribution in [0.25, 0.3) is 0 Å². The monoisotopic (exact) mass is 334 g/mol. The van der Waals surface area contributed by atoms with Crippen LogP contribution in [0.4, 0.5) is 5.69 Å². The van der Waals surface area contributed by atoms with Gasteiger partial charge in [0.15, 0.2) is 0 Å². The van der Waals surface area contributed by atoms with Gasteiger partial charge in [-0.3, -0.25) is 4.79 Å². The number of aryl methyl sites for hydroxylation is 2. The van der Waals surface area contributed by atoms with Crippen LogP contribution in [0.3, 0.4) is 0 Å². The fraction of sp³-hybridized carbons (Fsp3) is 0.278. The molecule has 0 heterocycles. The Morgan fingerprint density at radius 2 is 1.83 bits per heavy atom. The molecule has 23 heavy (non-hydrogen) atoms. The van der Waals surface area contributed by atoms with Crippen LogP contribution in [0.2, 0.25) is 0 Å². The van der Waals surface area contributed by atoms with E-state index >= 15 is 0 Å². The summed E-state index contributed by atoms with van der Waals surface area (Å²) in [4.78, 5) is 11.8. The van der Waals surface area contributed by atoms with Gasteiger partial charge in [0.05, 0.1) is 6.54 Å². The van der Waals surface area contributed by atoms with E-state index in [9.17, 15) is 4.79 Å². The lowest BCUT2D eigenvalue weighted by Gasteiger charge is -2.10. The summed E-state index contributed by atoms with van der Waals surface area (Å²) in [5.41, 5.74) is 8.69. The third-order valence-corrected chi connectivity index (χ3v) is 3.45. The molecule has 0 fully saturated rings. The van der Waals surface area contributed by atoms with Gasteiger partial charge in [-0.15, -0.1) is 12.4 Å². The number of hydrogen-bond donors (Lipinski definition) is 2. The van der Waals surface area contributed by atoms with E-state index in [1.54, 1.807) is 0 Å². The van der Waals surface area contributed by atoms with Gasteiger partial charge in [0.25, 0.3) is 0 Å². The first-order valence-corrected chi connectivity index (χ1v) is 7.45. The molecule has 0 spiro atoms. The van der Waals surface area contributed by atoms with E-state index in [2.05, 4.69) is 5.32 Å². The highest BCUT2D eigenvalue weighted by Gasteiger charge is 2.04. The molecule has 0 aliphatic carbocycles. The van der Waals surface area contributed by atoms with Crippen molar-refractivity contribution >= 4 is 24.0 Å². The van der Waals surface area contributed by atoms with Crippen LogP contribution in [0.1, 0.15) is 17.5 Å². The number of rotatable bonds is 7. The Morgan fingerprint density at radius 3 is 2.57 bits per heavy atom. The Labute approximate surface area is 143 Å². The van der Waals surface area contributed by atoms with Crippen LogP contribution in [0, 0.1) is 6.92 Å². The van der Waals surface area contributed by atoms with Gasteiger partial charge >= 0.3 is 0 Å². The first kappa shape index (κ1) is 18.8. The molecule has 0 saturated carbocycles. The maximum Gasteiger partial charge on any atom is 0.220 e. The second-order valence-corrected chi connectivity index (χ2v) is 5.16. The number of para-hydroxylation sites is 2. The second kappa shape index (κ2) is 9.74. The minimum Gasteiger partial charge on any atom is -0.491 e. The first-order valence-electron chi connectivity index (χ1n) is 7.45. The van der Waals surface area contributed by atoms with Crippen molar-refractivity contribution in [2.24, 2.45) is 0 Å². The topological polar surface area (TPSA) is 64.3 Å². The predicted octanol–water partition coefficient (Wildman–Crippen LogP) is 3.13. The molecule has 2 aromatic carbocycles. The van der Waals surface area contributed by atoms with Crippen molar-refractivity contribution in [3.8, 4) is 5.75 Å². The highest BCUT2D eigenvalue weighted by atomic mass is 35.5. The molecule has 0 aliphatic rings. The Hall–Kier alpha value is -2.20. The molecule has 0 radical (unpaired) electrons. The summed E-state index contributed by atoms with van der Waals surface area (Å²) >= 11 is 0. The number of benzene rings is 2. The molecule has 124 valence electrons. The molecule has 5 heteroatoms. The lowest BCUT2D eigenvalue weighted by atomic mass is 10.1. The quantitative estimate of drug-likeness (QED) is 0.604. The summed E-state index contributed by atoms with van der Waals surface area (Å²) in [6.45, 7) is 2.96. The third-order valence-electron chi connectivity index (χ3n) is 3.45. The molecule has 1 amide bonds. The van der Waals surface area contributed by atoms with E-state index in [0.717, 1.165) is 22.6 Å². The molecule has 0 saturated heterocycles. The molecule has 0 aromatic heterocycles. The lowest BCUT2D eigenvalue weighted by molar-refractivity contribution is -0.121. The zero-order valence-corrected chi connectivity index (χ0v) is 14.1. The number of nitrogens with two attached hydrogens (primary N) is 1. The minimum absolute atomic E-state index is 0. The average Bonchev–Trinajstić information content (AvgIpc) is 2.52. The van der Waals surface area contributed by atoms with Crippen molar-refractivity contribution in [2.75, 3.05) is 18.9 Å². The number of nitrogen functional groups attached to an aromatic ring is 1. The van der Waals surface area contributed by atoms with E-state index < -0.39 is 0 Å². The van der Waals surface area contributed by atoms with Crippen LogP contribution in [0.15, 0.2) is 48.5 Å². The first-order chi connectivity index (χ1) is 10.7.